The molecular weight excluding hydrogens is 384 g/mol. The molecule has 0 aliphatic carbocycles. The molecule has 4 aromatic carbocycles. The van der Waals surface area contributed by atoms with Crippen LogP contribution in [0.3, 0.4) is 0 Å². The van der Waals surface area contributed by atoms with E-state index in [1.165, 1.54) is 0 Å². The number of H-pyrrole nitrogens is 2. The van der Waals surface area contributed by atoms with Gasteiger partial charge in [-0.15, -0.1) is 0 Å². The standard InChI is InChI=1S/C27H18N2O2/c1-15-21(17-11-5-7-13-19(17)28-15)23-24(27(31)26(23)30)22-18-12-6-8-14-20(18)29-25(22)16-9-3-2-4-10-16/h2-14,28-29H,1H3. The zero-order valence-corrected chi connectivity index (χ0v) is 16.8. The minimum Gasteiger partial charge on any atom is -0.358 e. The van der Waals surface area contributed by atoms with E-state index in [4.69, 9.17) is 0 Å². The Morgan fingerprint density at radius 3 is 1.74 bits per heavy atom. The number of benzene rings is 3. The number of aryl methyl sites for hydroxylation is 1. The van der Waals surface area contributed by atoms with Crippen molar-refractivity contribution in [2.24, 2.45) is 0 Å². The van der Waals surface area contributed by atoms with Crippen LogP contribution in [-0.2, 0) is 0 Å². The molecule has 0 atom stereocenters. The van der Waals surface area contributed by atoms with Gasteiger partial charge in [-0.1, -0.05) is 66.7 Å². The SMILES string of the molecule is Cc1[nH]c2ccccc2c1-c1c(-c2c(-c3ccccc3)[nH]c3ccccc23)c(=O)c1=O. The van der Waals surface area contributed by atoms with Crippen molar-refractivity contribution >= 4 is 21.8 Å². The minimum atomic E-state index is -0.429. The maximum Gasteiger partial charge on any atom is 0.235 e. The maximum atomic E-state index is 13.0. The normalized spacial score (nSPS) is 11.6. The maximum absolute atomic E-state index is 13.0. The largest absolute Gasteiger partial charge is 0.358 e. The Balaban J connectivity index is 1.72. The van der Waals surface area contributed by atoms with Gasteiger partial charge in [0.1, 0.15) is 0 Å². The summed E-state index contributed by atoms with van der Waals surface area (Å²) in [5.74, 6) is 0. The van der Waals surface area contributed by atoms with Crippen LogP contribution in [0, 0.1) is 6.92 Å². The topological polar surface area (TPSA) is 65.7 Å². The van der Waals surface area contributed by atoms with Crippen LogP contribution in [0.15, 0.2) is 88.5 Å². The molecule has 0 saturated heterocycles. The zero-order valence-electron chi connectivity index (χ0n) is 16.8. The fraction of sp³-hybridized carbons (Fsp3) is 0.0370. The van der Waals surface area contributed by atoms with E-state index in [-0.39, 0.29) is 0 Å². The van der Waals surface area contributed by atoms with Gasteiger partial charge in [0.2, 0.25) is 10.9 Å². The third kappa shape index (κ3) is 2.42. The molecule has 0 saturated carbocycles. The Hall–Kier alpha value is -4.18. The molecular formula is C27H18N2O2. The van der Waals surface area contributed by atoms with Crippen molar-refractivity contribution in [3.8, 4) is 33.5 Å². The van der Waals surface area contributed by atoms with Gasteiger partial charge in [-0.2, -0.15) is 0 Å². The van der Waals surface area contributed by atoms with E-state index in [9.17, 15) is 9.59 Å². The highest BCUT2D eigenvalue weighted by Crippen LogP contribution is 2.42. The molecule has 6 rings (SSSR count). The average molecular weight is 402 g/mol. The van der Waals surface area contributed by atoms with Crippen molar-refractivity contribution in [3.05, 3.63) is 105 Å². The van der Waals surface area contributed by atoms with Crippen LogP contribution >= 0.6 is 0 Å². The summed E-state index contributed by atoms with van der Waals surface area (Å²) in [6.07, 6.45) is 0. The van der Waals surface area contributed by atoms with E-state index in [0.717, 1.165) is 49.9 Å². The van der Waals surface area contributed by atoms with Crippen molar-refractivity contribution in [3.63, 3.8) is 0 Å². The number of aromatic amines is 2. The van der Waals surface area contributed by atoms with Crippen molar-refractivity contribution in [2.75, 3.05) is 0 Å². The van der Waals surface area contributed by atoms with Crippen LogP contribution in [0.2, 0.25) is 0 Å². The Morgan fingerprint density at radius 1 is 0.548 bits per heavy atom. The predicted octanol–water partition coefficient (Wildman–Crippen LogP) is 5.55. The second-order valence-electron chi connectivity index (χ2n) is 7.87. The number of hydrogen-bond donors (Lipinski definition) is 2. The second-order valence-corrected chi connectivity index (χ2v) is 7.87. The molecule has 0 aliphatic rings. The molecule has 4 heteroatoms. The highest BCUT2D eigenvalue weighted by atomic mass is 16.2. The Bertz CT molecular complexity index is 1680. The lowest BCUT2D eigenvalue weighted by molar-refractivity contribution is 1.29. The van der Waals surface area contributed by atoms with Crippen LogP contribution < -0.4 is 10.9 Å². The number of rotatable bonds is 3. The van der Waals surface area contributed by atoms with Gasteiger partial charge in [-0.05, 0) is 24.6 Å². The van der Waals surface area contributed by atoms with Crippen LogP contribution in [0.1, 0.15) is 5.69 Å². The summed E-state index contributed by atoms with van der Waals surface area (Å²) in [5, 5.41) is 1.89. The van der Waals surface area contributed by atoms with Crippen LogP contribution in [0.25, 0.3) is 55.3 Å². The summed E-state index contributed by atoms with van der Waals surface area (Å²) in [7, 11) is 0. The highest BCUT2D eigenvalue weighted by molar-refractivity contribution is 6.10. The van der Waals surface area contributed by atoms with E-state index in [2.05, 4.69) is 9.97 Å². The Kier molecular flexibility index (Phi) is 3.65. The van der Waals surface area contributed by atoms with Gasteiger partial charge in [-0.3, -0.25) is 9.59 Å². The fourth-order valence-electron chi connectivity index (χ4n) is 4.69. The summed E-state index contributed by atoms with van der Waals surface area (Å²) in [5.41, 5.74) is 6.37. The molecule has 0 bridgehead atoms. The lowest BCUT2D eigenvalue weighted by Crippen LogP contribution is -2.35. The number of hydrogen-bond acceptors (Lipinski definition) is 2. The first-order valence-corrected chi connectivity index (χ1v) is 10.2. The number of aromatic nitrogens is 2. The molecule has 31 heavy (non-hydrogen) atoms. The average Bonchev–Trinajstić information content (AvgIpc) is 3.34. The first-order valence-electron chi connectivity index (χ1n) is 10.2. The third-order valence-corrected chi connectivity index (χ3v) is 6.07. The number of fused-ring (bicyclic) bond motifs is 2. The molecule has 2 heterocycles. The first kappa shape index (κ1) is 17.7. The van der Waals surface area contributed by atoms with Crippen molar-refractivity contribution in [1.29, 1.82) is 0 Å². The molecule has 0 spiro atoms. The smallest absolute Gasteiger partial charge is 0.235 e. The van der Waals surface area contributed by atoms with E-state index < -0.39 is 10.9 Å². The lowest BCUT2D eigenvalue weighted by atomic mass is 9.86. The quantitative estimate of drug-likeness (QED) is 0.381. The molecule has 2 N–H and O–H groups in total. The summed E-state index contributed by atoms with van der Waals surface area (Å²) < 4.78 is 0. The molecule has 2 aromatic heterocycles. The summed E-state index contributed by atoms with van der Waals surface area (Å²) in [4.78, 5) is 32.8. The molecule has 0 aliphatic heterocycles. The summed E-state index contributed by atoms with van der Waals surface area (Å²) >= 11 is 0. The van der Waals surface area contributed by atoms with Gasteiger partial charge in [0, 0.05) is 49.8 Å². The van der Waals surface area contributed by atoms with Crippen LogP contribution in [0.5, 0.6) is 0 Å². The number of nitrogens with one attached hydrogen (secondary N) is 2. The highest BCUT2D eigenvalue weighted by Gasteiger charge is 2.30. The Labute approximate surface area is 177 Å². The van der Waals surface area contributed by atoms with Gasteiger partial charge >= 0.3 is 0 Å². The molecule has 6 aromatic rings. The summed E-state index contributed by atoms with van der Waals surface area (Å²) in [6, 6.07) is 25.7. The van der Waals surface area contributed by atoms with E-state index >= 15 is 0 Å². The van der Waals surface area contributed by atoms with Gasteiger partial charge in [0.25, 0.3) is 0 Å². The molecule has 0 radical (unpaired) electrons. The van der Waals surface area contributed by atoms with Gasteiger partial charge in [0.05, 0.1) is 5.69 Å². The zero-order chi connectivity index (χ0) is 21.1. The molecule has 148 valence electrons. The predicted molar refractivity (Wildman–Crippen MR) is 126 cm³/mol. The third-order valence-electron chi connectivity index (χ3n) is 6.07. The summed E-state index contributed by atoms with van der Waals surface area (Å²) in [6.45, 7) is 1.95. The molecule has 4 nitrogen and oxygen atoms in total. The van der Waals surface area contributed by atoms with Gasteiger partial charge < -0.3 is 9.97 Å². The van der Waals surface area contributed by atoms with Gasteiger partial charge in [0.15, 0.2) is 0 Å². The van der Waals surface area contributed by atoms with Crippen molar-refractivity contribution in [1.82, 2.24) is 9.97 Å². The fourth-order valence-corrected chi connectivity index (χ4v) is 4.69. The lowest BCUT2D eigenvalue weighted by Gasteiger charge is -2.14. The van der Waals surface area contributed by atoms with Gasteiger partial charge in [-0.25, -0.2) is 0 Å². The van der Waals surface area contributed by atoms with E-state index in [0.29, 0.717) is 11.1 Å². The van der Waals surface area contributed by atoms with Crippen molar-refractivity contribution < 1.29 is 0 Å². The van der Waals surface area contributed by atoms with Crippen molar-refractivity contribution in [2.45, 2.75) is 6.92 Å². The molecule has 0 amide bonds. The van der Waals surface area contributed by atoms with Crippen LogP contribution in [0.4, 0.5) is 0 Å². The Morgan fingerprint density at radius 2 is 1.06 bits per heavy atom. The minimum absolute atomic E-state index is 0.424. The number of para-hydroxylation sites is 2. The van der Waals surface area contributed by atoms with E-state index in [1.807, 2.05) is 85.8 Å². The molecule has 0 fully saturated rings. The van der Waals surface area contributed by atoms with E-state index in [1.54, 1.807) is 0 Å². The monoisotopic (exact) mass is 402 g/mol. The molecule has 0 unspecified atom stereocenters. The first-order chi connectivity index (χ1) is 15.1. The van der Waals surface area contributed by atoms with Crippen LogP contribution in [-0.4, -0.2) is 9.97 Å². The second kappa shape index (κ2) is 6.41.